The Kier molecular flexibility index (Phi) is 3.84. The number of aromatic nitrogens is 2. The van der Waals surface area contributed by atoms with E-state index in [4.69, 9.17) is 5.26 Å². The van der Waals surface area contributed by atoms with Crippen molar-refractivity contribution in [2.24, 2.45) is 0 Å². The van der Waals surface area contributed by atoms with E-state index < -0.39 is 0 Å². The third kappa shape index (κ3) is 3.03. The number of hydrogen-bond acceptors (Lipinski definition) is 5. The Hall–Kier alpha value is -2.45. The molecule has 0 bridgehead atoms. The van der Waals surface area contributed by atoms with Gasteiger partial charge in [0.1, 0.15) is 11.6 Å². The minimum Gasteiger partial charge on any atom is -0.340 e. The molecule has 5 heteroatoms. The van der Waals surface area contributed by atoms with Crippen LogP contribution in [0.4, 0.5) is 11.5 Å². The van der Waals surface area contributed by atoms with Gasteiger partial charge in [-0.15, -0.1) is 0 Å². The highest BCUT2D eigenvalue weighted by atomic mass is 15.0. The molecule has 0 amide bonds. The van der Waals surface area contributed by atoms with Crippen LogP contribution in [-0.2, 0) is 6.54 Å². The summed E-state index contributed by atoms with van der Waals surface area (Å²) < 4.78 is 0. The summed E-state index contributed by atoms with van der Waals surface area (Å²) >= 11 is 0. The van der Waals surface area contributed by atoms with E-state index in [1.54, 1.807) is 24.4 Å². The highest BCUT2D eigenvalue weighted by Gasteiger charge is 2.00. The van der Waals surface area contributed by atoms with E-state index in [2.05, 4.69) is 26.7 Å². The number of rotatable bonds is 4. The summed E-state index contributed by atoms with van der Waals surface area (Å²) in [4.78, 5) is 8.48. The van der Waals surface area contributed by atoms with Gasteiger partial charge in [-0.25, -0.2) is 9.97 Å². The van der Waals surface area contributed by atoms with Gasteiger partial charge in [0, 0.05) is 11.9 Å². The van der Waals surface area contributed by atoms with Crippen LogP contribution < -0.4 is 10.6 Å². The maximum absolute atomic E-state index is 8.83. The van der Waals surface area contributed by atoms with Crippen molar-refractivity contribution in [1.29, 1.82) is 5.26 Å². The summed E-state index contributed by atoms with van der Waals surface area (Å²) in [6.45, 7) is 0.619. The fraction of sp³-hybridized carbons (Fsp3) is 0.154. The summed E-state index contributed by atoms with van der Waals surface area (Å²) in [6, 6.07) is 11.2. The second-order valence-electron chi connectivity index (χ2n) is 3.71. The van der Waals surface area contributed by atoms with Crippen LogP contribution in [0.2, 0.25) is 0 Å². The highest BCUT2D eigenvalue weighted by molar-refractivity contribution is 5.58. The third-order valence-electron chi connectivity index (χ3n) is 2.30. The molecule has 0 fully saturated rings. The van der Waals surface area contributed by atoms with Gasteiger partial charge in [-0.1, -0.05) is 6.07 Å². The molecule has 0 aliphatic carbocycles. The van der Waals surface area contributed by atoms with Crippen molar-refractivity contribution in [2.75, 3.05) is 12.4 Å². The lowest BCUT2D eigenvalue weighted by molar-refractivity contribution is 0.759. The van der Waals surface area contributed by atoms with E-state index in [0.29, 0.717) is 17.9 Å². The number of nitrogens with zero attached hydrogens (tertiary/aromatic N) is 3. The molecule has 18 heavy (non-hydrogen) atoms. The van der Waals surface area contributed by atoms with Crippen LogP contribution in [0.15, 0.2) is 36.5 Å². The fourth-order valence-electron chi connectivity index (χ4n) is 1.53. The van der Waals surface area contributed by atoms with E-state index >= 15 is 0 Å². The van der Waals surface area contributed by atoms with E-state index in [0.717, 1.165) is 11.5 Å². The molecule has 0 atom stereocenters. The van der Waals surface area contributed by atoms with Gasteiger partial charge >= 0.3 is 0 Å². The Morgan fingerprint density at radius 2 is 2.22 bits per heavy atom. The average molecular weight is 239 g/mol. The largest absolute Gasteiger partial charge is 0.340 e. The summed E-state index contributed by atoms with van der Waals surface area (Å²) in [5, 5.41) is 15.0. The number of nitriles is 1. The van der Waals surface area contributed by atoms with Crippen molar-refractivity contribution in [1.82, 2.24) is 15.3 Å². The molecule has 0 radical (unpaired) electrons. The van der Waals surface area contributed by atoms with Crippen molar-refractivity contribution in [3.05, 3.63) is 47.9 Å². The normalized spacial score (nSPS) is 9.78. The molecule has 0 saturated carbocycles. The van der Waals surface area contributed by atoms with Crippen LogP contribution >= 0.6 is 0 Å². The Balaban J connectivity index is 2.18. The zero-order chi connectivity index (χ0) is 12.8. The first-order valence-electron chi connectivity index (χ1n) is 5.55. The minimum atomic E-state index is 0.615. The van der Waals surface area contributed by atoms with Crippen LogP contribution in [0.25, 0.3) is 0 Å². The molecular weight excluding hydrogens is 226 g/mol. The van der Waals surface area contributed by atoms with Crippen molar-refractivity contribution < 1.29 is 0 Å². The minimum absolute atomic E-state index is 0.615. The van der Waals surface area contributed by atoms with Gasteiger partial charge in [-0.2, -0.15) is 5.26 Å². The number of anilines is 2. The lowest BCUT2D eigenvalue weighted by atomic mass is 10.2. The smallest absolute Gasteiger partial charge is 0.144 e. The first-order valence-corrected chi connectivity index (χ1v) is 5.55. The molecule has 5 nitrogen and oxygen atoms in total. The molecule has 0 spiro atoms. The first-order chi connectivity index (χ1) is 8.81. The van der Waals surface area contributed by atoms with Crippen molar-refractivity contribution in [2.45, 2.75) is 6.54 Å². The van der Waals surface area contributed by atoms with Gasteiger partial charge in [-0.05, 0) is 31.3 Å². The lowest BCUT2D eigenvalue weighted by Crippen LogP contribution is -2.09. The Morgan fingerprint density at radius 1 is 1.33 bits per heavy atom. The number of hydrogen-bond donors (Lipinski definition) is 2. The van der Waals surface area contributed by atoms with Crippen molar-refractivity contribution >= 4 is 11.5 Å². The molecule has 2 N–H and O–H groups in total. The summed E-state index contributed by atoms with van der Waals surface area (Å²) in [6.07, 6.45) is 1.70. The molecule has 2 rings (SSSR count). The lowest BCUT2D eigenvalue weighted by Gasteiger charge is -2.06. The summed E-state index contributed by atoms with van der Waals surface area (Å²) in [5.41, 5.74) is 1.45. The quantitative estimate of drug-likeness (QED) is 0.851. The molecule has 1 aromatic carbocycles. The van der Waals surface area contributed by atoms with Crippen LogP contribution in [0.3, 0.4) is 0 Å². The third-order valence-corrected chi connectivity index (χ3v) is 2.30. The van der Waals surface area contributed by atoms with E-state index in [-0.39, 0.29) is 0 Å². The molecular formula is C13H13N5. The maximum Gasteiger partial charge on any atom is 0.144 e. The molecule has 0 aliphatic heterocycles. The number of benzene rings is 1. The molecule has 2 aromatic rings. The molecule has 0 unspecified atom stereocenters. The van der Waals surface area contributed by atoms with E-state index in [9.17, 15) is 0 Å². The second-order valence-corrected chi connectivity index (χ2v) is 3.71. The van der Waals surface area contributed by atoms with Crippen LogP contribution in [0, 0.1) is 11.3 Å². The van der Waals surface area contributed by atoms with Gasteiger partial charge < -0.3 is 10.6 Å². The predicted octanol–water partition coefficient (Wildman–Crippen LogP) is 1.81. The van der Waals surface area contributed by atoms with Gasteiger partial charge in [-0.3, -0.25) is 0 Å². The summed E-state index contributed by atoms with van der Waals surface area (Å²) in [7, 11) is 1.85. The van der Waals surface area contributed by atoms with Gasteiger partial charge in [0.15, 0.2) is 0 Å². The van der Waals surface area contributed by atoms with Crippen LogP contribution in [0.5, 0.6) is 0 Å². The first kappa shape index (κ1) is 12.0. The Bertz CT molecular complexity index is 574. The molecule has 1 aromatic heterocycles. The average Bonchev–Trinajstić information content (AvgIpc) is 2.40. The molecule has 0 aliphatic rings. The van der Waals surface area contributed by atoms with Gasteiger partial charge in [0.2, 0.25) is 0 Å². The zero-order valence-electron chi connectivity index (χ0n) is 10.0. The summed E-state index contributed by atoms with van der Waals surface area (Å²) in [5.74, 6) is 1.43. The maximum atomic E-state index is 8.83. The molecule has 0 saturated heterocycles. The van der Waals surface area contributed by atoms with E-state index in [1.807, 2.05) is 19.2 Å². The predicted molar refractivity (Wildman–Crippen MR) is 69.2 cm³/mol. The van der Waals surface area contributed by atoms with Crippen molar-refractivity contribution in [3.63, 3.8) is 0 Å². The van der Waals surface area contributed by atoms with Gasteiger partial charge in [0.05, 0.1) is 18.2 Å². The standard InChI is InChI=1S/C13H13N5/c1-15-9-13-16-6-5-12(18-13)17-11-4-2-3-10(7-11)8-14/h2-7,15H,9H2,1H3,(H,16,17,18). The highest BCUT2D eigenvalue weighted by Crippen LogP contribution is 2.15. The van der Waals surface area contributed by atoms with Crippen LogP contribution in [-0.4, -0.2) is 17.0 Å². The Morgan fingerprint density at radius 3 is 3.00 bits per heavy atom. The monoisotopic (exact) mass is 239 g/mol. The molecule has 1 heterocycles. The SMILES string of the molecule is CNCc1nccc(Nc2cccc(C#N)c2)n1. The Labute approximate surface area is 106 Å². The zero-order valence-corrected chi connectivity index (χ0v) is 10.0. The topological polar surface area (TPSA) is 73.6 Å². The van der Waals surface area contributed by atoms with Gasteiger partial charge in [0.25, 0.3) is 0 Å². The van der Waals surface area contributed by atoms with Crippen molar-refractivity contribution in [3.8, 4) is 6.07 Å². The van der Waals surface area contributed by atoms with Crippen LogP contribution in [0.1, 0.15) is 11.4 Å². The van der Waals surface area contributed by atoms with E-state index in [1.165, 1.54) is 0 Å². The number of nitrogens with one attached hydrogen (secondary N) is 2. The second kappa shape index (κ2) is 5.75. The fourth-order valence-corrected chi connectivity index (χ4v) is 1.53. The molecule has 90 valence electrons.